The Balaban J connectivity index is 6.00. The Bertz CT molecular complexity index is 515. The van der Waals surface area contributed by atoms with Gasteiger partial charge in [-0.2, -0.15) is 0 Å². The van der Waals surface area contributed by atoms with Crippen LogP contribution in [0.3, 0.4) is 0 Å². The molecule has 0 amide bonds. The van der Waals surface area contributed by atoms with Gasteiger partial charge in [0.25, 0.3) is 0 Å². The Morgan fingerprint density at radius 2 is 0.581 bits per heavy atom. The van der Waals surface area contributed by atoms with Gasteiger partial charge in [-0.3, -0.25) is 0 Å². The number of carbonyl (C=O) groups is 5. The van der Waals surface area contributed by atoms with Gasteiger partial charge in [0.2, 0.25) is 0 Å². The van der Waals surface area contributed by atoms with Gasteiger partial charge in [-0.25, -0.2) is 0 Å². The van der Waals surface area contributed by atoms with Gasteiger partial charge >= 0.3 is 177 Å². The van der Waals surface area contributed by atoms with E-state index in [1.807, 2.05) is 0 Å². The van der Waals surface area contributed by atoms with Gasteiger partial charge in [-0.15, -0.1) is 0 Å². The molecular weight excluding hydrogens is 495 g/mol. The first-order valence-electron chi connectivity index (χ1n) is 8.76. The minimum atomic E-state index is -6.20. The molecule has 0 rings (SSSR count). The van der Waals surface area contributed by atoms with Crippen molar-refractivity contribution < 1.29 is 68.1 Å². The molecule has 0 aliphatic rings. The zero-order chi connectivity index (χ0) is 23.9. The van der Waals surface area contributed by atoms with E-state index in [1.54, 1.807) is 0 Å². The first-order chi connectivity index (χ1) is 14.4. The Labute approximate surface area is 177 Å². The molecule has 0 unspecified atom stereocenters. The van der Waals surface area contributed by atoms with Crippen molar-refractivity contribution in [2.45, 2.75) is 32.1 Å². The monoisotopic (exact) mass is 520 g/mol. The second kappa shape index (κ2) is 13.9. The van der Waals surface area contributed by atoms with Crippen LogP contribution in [-0.2, 0) is 42.6 Å². The van der Waals surface area contributed by atoms with Crippen molar-refractivity contribution in [2.24, 2.45) is 0 Å². The Hall–Kier alpha value is -2.29. The summed E-state index contributed by atoms with van der Waals surface area (Å²) in [5.41, 5.74) is 0. The van der Waals surface area contributed by atoms with Crippen molar-refractivity contribution in [3.8, 4) is 0 Å². The van der Waals surface area contributed by atoms with E-state index in [2.05, 4.69) is 0 Å². The van der Waals surface area contributed by atoms with Crippen molar-refractivity contribution in [3.05, 3.63) is 0 Å². The third-order valence-electron chi connectivity index (χ3n) is 3.09. The molecule has 15 nitrogen and oxygen atoms in total. The molecule has 0 aliphatic heterocycles. The maximum atomic E-state index is 10.9. The molecule has 0 fully saturated rings. The van der Waals surface area contributed by atoms with E-state index in [4.69, 9.17) is 44.2 Å². The Morgan fingerprint density at radius 3 is 0.710 bits per heavy atom. The van der Waals surface area contributed by atoms with E-state index in [9.17, 15) is 24.0 Å². The predicted molar refractivity (Wildman–Crippen MR) is 96.8 cm³/mol. The summed E-state index contributed by atoms with van der Waals surface area (Å²) < 4.78 is 27.0. The van der Waals surface area contributed by atoms with Gasteiger partial charge in [0, 0.05) is 0 Å². The van der Waals surface area contributed by atoms with Crippen LogP contribution < -0.4 is 0 Å². The second-order valence-corrected chi connectivity index (χ2v) is 11.5. The van der Waals surface area contributed by atoms with Crippen molar-refractivity contribution in [3.63, 3.8) is 0 Å². The number of aliphatic carboxylic acids is 5. The molecule has 0 bridgehead atoms. The molecule has 0 radical (unpaired) electrons. The molecule has 31 heavy (non-hydrogen) atoms. The third-order valence-corrected chi connectivity index (χ3v) is 9.43. The van der Waals surface area contributed by atoms with Gasteiger partial charge in [-0.05, 0) is 0 Å². The number of hydrogen-bond acceptors (Lipinski definition) is 10. The first-order valence-corrected chi connectivity index (χ1v) is 12.6. The van der Waals surface area contributed by atoms with E-state index in [1.165, 1.54) is 0 Å². The zero-order valence-corrected chi connectivity index (χ0v) is 18.2. The molecule has 0 aromatic rings. The van der Waals surface area contributed by atoms with Gasteiger partial charge < -0.3 is 0 Å². The summed E-state index contributed by atoms with van der Waals surface area (Å²) in [5, 5.41) is 44.3. The maximum absolute atomic E-state index is 10.9. The zero-order valence-electron chi connectivity index (χ0n) is 16.3. The number of rotatable bonds is 20. The summed E-state index contributed by atoms with van der Waals surface area (Å²) in [6.45, 7) is -3.33. The van der Waals surface area contributed by atoms with Crippen LogP contribution >= 0.6 is 0 Å². The number of carboxylic acids is 5. The third kappa shape index (κ3) is 12.9. The van der Waals surface area contributed by atoms with E-state index in [0.717, 1.165) is 0 Å². The summed E-state index contributed by atoms with van der Waals surface area (Å²) >= 11 is -6.20. The van der Waals surface area contributed by atoms with Crippen LogP contribution in [-0.4, -0.2) is 103 Å². The topological polar surface area (TPSA) is 233 Å². The second-order valence-electron chi connectivity index (χ2n) is 5.63. The molecule has 5 N–H and O–H groups in total. The van der Waals surface area contributed by atoms with Crippen LogP contribution in [0.2, 0.25) is 0 Å². The van der Waals surface area contributed by atoms with Crippen LogP contribution in [0.5, 0.6) is 0 Å². The quantitative estimate of drug-likeness (QED) is 0.125. The van der Waals surface area contributed by atoms with Gasteiger partial charge in [0.1, 0.15) is 0 Å². The molecule has 0 aromatic carbocycles. The van der Waals surface area contributed by atoms with E-state index >= 15 is 0 Å². The fourth-order valence-corrected chi connectivity index (χ4v) is 7.43. The van der Waals surface area contributed by atoms with Crippen LogP contribution in [0, 0.1) is 0 Å². The van der Waals surface area contributed by atoms with Crippen molar-refractivity contribution >= 4 is 44.0 Å². The minimum absolute atomic E-state index is 0.634. The Morgan fingerprint density at radius 1 is 0.419 bits per heavy atom. The van der Waals surface area contributed by atoms with Crippen molar-refractivity contribution in [1.82, 2.24) is 0 Å². The van der Waals surface area contributed by atoms with Crippen molar-refractivity contribution in [1.29, 1.82) is 0 Å². The van der Waals surface area contributed by atoms with Crippen LogP contribution in [0.15, 0.2) is 0 Å². The Kier molecular flexibility index (Phi) is 12.9. The van der Waals surface area contributed by atoms with Gasteiger partial charge in [0.05, 0.1) is 0 Å². The molecule has 0 atom stereocenters. The normalized spacial score (nSPS) is 12.6. The van der Waals surface area contributed by atoms with Crippen molar-refractivity contribution in [2.75, 3.05) is 33.0 Å². The molecular formula is C15H25AsO15. The average molecular weight is 520 g/mol. The average Bonchev–Trinajstić information content (AvgIpc) is 2.60. The van der Waals surface area contributed by atoms with Gasteiger partial charge in [-0.1, -0.05) is 0 Å². The number of hydrogen-bond donors (Lipinski definition) is 5. The summed E-state index contributed by atoms with van der Waals surface area (Å²) in [6, 6.07) is 0. The van der Waals surface area contributed by atoms with Crippen LogP contribution in [0.25, 0.3) is 0 Å². The molecule has 180 valence electrons. The van der Waals surface area contributed by atoms with Crippen LogP contribution in [0.1, 0.15) is 32.1 Å². The number of carboxylic acid groups (broad SMARTS) is 5. The van der Waals surface area contributed by atoms with E-state index in [0.29, 0.717) is 0 Å². The van der Waals surface area contributed by atoms with E-state index < -0.39 is 109 Å². The summed E-state index contributed by atoms with van der Waals surface area (Å²) in [5.74, 6) is -6.61. The summed E-state index contributed by atoms with van der Waals surface area (Å²) in [4.78, 5) is 54.3. The molecule has 0 heterocycles. The molecule has 0 saturated carbocycles. The first kappa shape index (κ1) is 28.7. The molecule has 0 aromatic heterocycles. The molecule has 0 aliphatic carbocycles. The molecule has 0 spiro atoms. The summed E-state index contributed by atoms with van der Waals surface area (Å²) in [6.07, 6.45) is -3.17. The van der Waals surface area contributed by atoms with Crippen LogP contribution in [0.4, 0.5) is 0 Å². The standard InChI is InChI=1S/C15H25AsO15/c17-11(18)1-6-27-16(28-7-2-12(19)20,29-8-3-13(21)22,30-9-4-14(23)24)31-10-5-15(25)26/h1-10H2,(H,17,18)(H,19,20)(H,21,22)(H,23,24)(H,25,26). The fraction of sp³-hybridized carbons (Fsp3) is 0.667. The molecule has 0 saturated heterocycles. The SMILES string of the molecule is O=C(O)CCO[As](OCCC(=O)O)(OCCC(=O)O)(OCCC(=O)O)OCCC(=O)O. The predicted octanol–water partition coefficient (Wildman–Crippen LogP) is -0.671. The fourth-order valence-electron chi connectivity index (χ4n) is 1.78. The van der Waals surface area contributed by atoms with Gasteiger partial charge in [0.15, 0.2) is 0 Å². The summed E-state index contributed by atoms with van der Waals surface area (Å²) in [7, 11) is 0. The van der Waals surface area contributed by atoms with E-state index in [-0.39, 0.29) is 0 Å². The molecule has 16 heteroatoms.